The Labute approximate surface area is 146 Å². The molecule has 0 bridgehead atoms. The number of sulfonamides is 1. The topological polar surface area (TPSA) is 40.6 Å². The maximum Gasteiger partial charge on any atom is 0.243 e. The van der Waals surface area contributed by atoms with E-state index in [9.17, 15) is 17.2 Å². The molecule has 0 N–H and O–H groups in total. The number of halogens is 2. The van der Waals surface area contributed by atoms with E-state index in [2.05, 4.69) is 4.90 Å². The number of hydrogen-bond acceptors (Lipinski definition) is 3. The Kier molecular flexibility index (Phi) is 5.06. The summed E-state index contributed by atoms with van der Waals surface area (Å²) in [4.78, 5) is 1.99. The van der Waals surface area contributed by atoms with Crippen molar-refractivity contribution in [3.8, 4) is 0 Å². The minimum absolute atomic E-state index is 0.161. The first kappa shape index (κ1) is 17.8. The molecule has 1 saturated heterocycles. The number of rotatable bonds is 5. The smallest absolute Gasteiger partial charge is 0.243 e. The monoisotopic (exact) mass is 366 g/mol. The fourth-order valence-electron chi connectivity index (χ4n) is 3.05. The standard InChI is InChI=1S/C18H20F2N2O2S/c1-21(25(23,24)15-8-9-16(19)17(20)12-15)13-14-6-2-3-7-18(14)22-10-4-5-11-22/h2-3,6-9,12H,4-5,10-11,13H2,1H3. The molecule has 3 rings (SSSR count). The lowest BCUT2D eigenvalue weighted by Crippen LogP contribution is -2.28. The Morgan fingerprint density at radius 1 is 1.04 bits per heavy atom. The van der Waals surface area contributed by atoms with E-state index in [1.54, 1.807) is 0 Å². The maximum atomic E-state index is 13.4. The summed E-state index contributed by atoms with van der Waals surface area (Å²) in [5.41, 5.74) is 1.91. The predicted octanol–water partition coefficient (Wildman–Crippen LogP) is 3.39. The van der Waals surface area contributed by atoms with Crippen molar-refractivity contribution >= 4 is 15.7 Å². The quantitative estimate of drug-likeness (QED) is 0.814. The van der Waals surface area contributed by atoms with Gasteiger partial charge in [0.05, 0.1) is 4.90 Å². The zero-order valence-corrected chi connectivity index (χ0v) is 14.8. The highest BCUT2D eigenvalue weighted by molar-refractivity contribution is 7.89. The van der Waals surface area contributed by atoms with Crippen molar-refractivity contribution in [2.24, 2.45) is 0 Å². The SMILES string of the molecule is CN(Cc1ccccc1N1CCCC1)S(=O)(=O)c1ccc(F)c(F)c1. The first-order valence-corrected chi connectivity index (χ1v) is 9.58. The molecule has 1 heterocycles. The van der Waals surface area contributed by atoms with Crippen LogP contribution >= 0.6 is 0 Å². The number of anilines is 1. The Morgan fingerprint density at radius 3 is 2.40 bits per heavy atom. The molecular formula is C18H20F2N2O2S. The molecule has 1 aliphatic rings. The molecule has 0 atom stereocenters. The van der Waals surface area contributed by atoms with E-state index in [0.29, 0.717) is 6.07 Å². The minimum atomic E-state index is -3.91. The van der Waals surface area contributed by atoms with Gasteiger partial charge in [-0.1, -0.05) is 18.2 Å². The predicted molar refractivity (Wildman–Crippen MR) is 92.9 cm³/mol. The molecule has 25 heavy (non-hydrogen) atoms. The fraction of sp³-hybridized carbons (Fsp3) is 0.333. The Bertz CT molecular complexity index is 865. The number of para-hydroxylation sites is 1. The van der Waals surface area contributed by atoms with E-state index in [4.69, 9.17) is 0 Å². The molecule has 7 heteroatoms. The third-order valence-electron chi connectivity index (χ3n) is 4.43. The van der Waals surface area contributed by atoms with Crippen LogP contribution in [0.25, 0.3) is 0 Å². The molecule has 0 unspecified atom stereocenters. The van der Waals surface area contributed by atoms with Gasteiger partial charge < -0.3 is 4.90 Å². The van der Waals surface area contributed by atoms with Gasteiger partial charge in [0, 0.05) is 32.4 Å². The fourth-order valence-corrected chi connectivity index (χ4v) is 4.21. The van der Waals surface area contributed by atoms with E-state index < -0.39 is 21.7 Å². The number of hydrogen-bond donors (Lipinski definition) is 0. The van der Waals surface area contributed by atoms with Crippen molar-refractivity contribution in [2.75, 3.05) is 25.0 Å². The number of nitrogens with zero attached hydrogens (tertiary/aromatic N) is 2. The lowest BCUT2D eigenvalue weighted by molar-refractivity contribution is 0.463. The first-order valence-electron chi connectivity index (χ1n) is 8.14. The Hall–Kier alpha value is -1.99. The average molecular weight is 366 g/mol. The van der Waals surface area contributed by atoms with Crippen LogP contribution in [-0.2, 0) is 16.6 Å². The Balaban J connectivity index is 1.86. The van der Waals surface area contributed by atoms with Crippen LogP contribution in [0.3, 0.4) is 0 Å². The highest BCUT2D eigenvalue weighted by Gasteiger charge is 2.24. The molecule has 0 radical (unpaired) electrons. The third kappa shape index (κ3) is 3.67. The van der Waals surface area contributed by atoms with E-state index in [-0.39, 0.29) is 11.4 Å². The molecule has 0 aliphatic carbocycles. The molecule has 134 valence electrons. The molecule has 0 aromatic heterocycles. The molecule has 2 aromatic rings. The summed E-state index contributed by atoms with van der Waals surface area (Å²) in [5.74, 6) is -2.24. The van der Waals surface area contributed by atoms with Gasteiger partial charge in [-0.05, 0) is 42.7 Å². The lowest BCUT2D eigenvalue weighted by Gasteiger charge is -2.24. The highest BCUT2D eigenvalue weighted by Crippen LogP contribution is 2.27. The van der Waals surface area contributed by atoms with Gasteiger partial charge in [-0.15, -0.1) is 0 Å². The largest absolute Gasteiger partial charge is 0.371 e. The molecule has 2 aromatic carbocycles. The van der Waals surface area contributed by atoms with E-state index >= 15 is 0 Å². The molecule has 1 aliphatic heterocycles. The molecule has 0 spiro atoms. The van der Waals surface area contributed by atoms with Gasteiger partial charge in [0.15, 0.2) is 11.6 Å². The zero-order chi connectivity index (χ0) is 18.0. The second kappa shape index (κ2) is 7.09. The van der Waals surface area contributed by atoms with Crippen LogP contribution in [0.1, 0.15) is 18.4 Å². The van der Waals surface area contributed by atoms with Crippen molar-refractivity contribution in [3.05, 3.63) is 59.7 Å². The first-order chi connectivity index (χ1) is 11.9. The maximum absolute atomic E-state index is 13.4. The summed E-state index contributed by atoms with van der Waals surface area (Å²) in [6, 6.07) is 10.3. The van der Waals surface area contributed by atoms with Crippen LogP contribution in [0.2, 0.25) is 0 Å². The van der Waals surface area contributed by atoms with Crippen LogP contribution < -0.4 is 4.90 Å². The minimum Gasteiger partial charge on any atom is -0.371 e. The summed E-state index contributed by atoms with van der Waals surface area (Å²) in [5, 5.41) is 0. The Morgan fingerprint density at radius 2 is 1.72 bits per heavy atom. The van der Waals surface area contributed by atoms with Crippen LogP contribution in [0.15, 0.2) is 47.4 Å². The van der Waals surface area contributed by atoms with Crippen molar-refractivity contribution in [1.29, 1.82) is 0 Å². The van der Waals surface area contributed by atoms with E-state index in [0.717, 1.165) is 53.6 Å². The lowest BCUT2D eigenvalue weighted by atomic mass is 10.1. The second-order valence-corrected chi connectivity index (χ2v) is 8.20. The van der Waals surface area contributed by atoms with Gasteiger partial charge >= 0.3 is 0 Å². The van der Waals surface area contributed by atoms with Gasteiger partial charge in [-0.3, -0.25) is 0 Å². The van der Waals surface area contributed by atoms with Crippen molar-refractivity contribution in [2.45, 2.75) is 24.3 Å². The molecular weight excluding hydrogens is 346 g/mol. The summed E-state index contributed by atoms with van der Waals surface area (Å²) < 4.78 is 52.9. The van der Waals surface area contributed by atoms with Gasteiger partial charge in [0.2, 0.25) is 10.0 Å². The summed E-state index contributed by atoms with van der Waals surface area (Å²) >= 11 is 0. The average Bonchev–Trinajstić information content (AvgIpc) is 3.12. The van der Waals surface area contributed by atoms with Crippen molar-refractivity contribution in [1.82, 2.24) is 4.31 Å². The van der Waals surface area contributed by atoms with E-state index in [1.165, 1.54) is 7.05 Å². The zero-order valence-electron chi connectivity index (χ0n) is 14.0. The number of benzene rings is 2. The van der Waals surface area contributed by atoms with Crippen LogP contribution in [0.4, 0.5) is 14.5 Å². The summed E-state index contributed by atoms with van der Waals surface area (Å²) in [6.07, 6.45) is 2.24. The molecule has 1 fully saturated rings. The van der Waals surface area contributed by atoms with Crippen molar-refractivity contribution in [3.63, 3.8) is 0 Å². The molecule has 0 amide bonds. The van der Waals surface area contributed by atoms with Gasteiger partial charge in [0.25, 0.3) is 0 Å². The van der Waals surface area contributed by atoms with E-state index in [1.807, 2.05) is 24.3 Å². The van der Waals surface area contributed by atoms with Crippen LogP contribution in [0.5, 0.6) is 0 Å². The molecule has 0 saturated carbocycles. The van der Waals surface area contributed by atoms with Crippen LogP contribution in [0, 0.1) is 11.6 Å². The van der Waals surface area contributed by atoms with Gasteiger partial charge in [0.1, 0.15) is 0 Å². The van der Waals surface area contributed by atoms with Crippen molar-refractivity contribution < 1.29 is 17.2 Å². The second-order valence-electron chi connectivity index (χ2n) is 6.16. The van der Waals surface area contributed by atoms with Gasteiger partial charge in [-0.2, -0.15) is 4.31 Å². The van der Waals surface area contributed by atoms with Crippen LogP contribution in [-0.4, -0.2) is 32.9 Å². The highest BCUT2D eigenvalue weighted by atomic mass is 32.2. The summed E-state index contributed by atoms with van der Waals surface area (Å²) in [6.45, 7) is 2.07. The molecule has 4 nitrogen and oxygen atoms in total. The normalized spacial score (nSPS) is 15.1. The van der Waals surface area contributed by atoms with Gasteiger partial charge in [-0.25, -0.2) is 17.2 Å². The summed E-state index contributed by atoms with van der Waals surface area (Å²) in [7, 11) is -2.47. The third-order valence-corrected chi connectivity index (χ3v) is 6.23.